The van der Waals surface area contributed by atoms with Gasteiger partial charge in [-0.15, -0.1) is 0 Å². The van der Waals surface area contributed by atoms with Crippen LogP contribution in [0.15, 0.2) is 42.5 Å². The van der Waals surface area contributed by atoms with Gasteiger partial charge in [0.25, 0.3) is 0 Å². The van der Waals surface area contributed by atoms with Crippen molar-refractivity contribution in [3.05, 3.63) is 59.4 Å². The molecule has 0 aliphatic heterocycles. The van der Waals surface area contributed by atoms with Gasteiger partial charge < -0.3 is 15.0 Å². The second-order valence-corrected chi connectivity index (χ2v) is 11.4. The highest BCUT2D eigenvalue weighted by atomic mass is 32.2. The molecule has 1 aliphatic rings. The van der Waals surface area contributed by atoms with Crippen LogP contribution in [0.2, 0.25) is 0 Å². The van der Waals surface area contributed by atoms with Crippen molar-refractivity contribution in [1.29, 1.82) is 0 Å². The summed E-state index contributed by atoms with van der Waals surface area (Å²) in [6, 6.07) is 9.99. The maximum atomic E-state index is 13.8. The van der Waals surface area contributed by atoms with Gasteiger partial charge in [-0.25, -0.2) is 12.8 Å². The molecule has 8 nitrogen and oxygen atoms in total. The fourth-order valence-corrected chi connectivity index (χ4v) is 5.51. The maximum Gasteiger partial charge on any atom is 0.244 e. The van der Waals surface area contributed by atoms with E-state index in [4.69, 9.17) is 4.74 Å². The van der Waals surface area contributed by atoms with E-state index >= 15 is 0 Å². The Balaban J connectivity index is 1.96. The lowest BCUT2D eigenvalue weighted by molar-refractivity contribution is -0.140. The molecule has 1 fully saturated rings. The molecule has 0 bridgehead atoms. The van der Waals surface area contributed by atoms with Gasteiger partial charge >= 0.3 is 0 Å². The number of rotatable bonds is 11. The Kier molecular flexibility index (Phi) is 9.53. The third kappa shape index (κ3) is 7.44. The van der Waals surface area contributed by atoms with Crippen LogP contribution >= 0.6 is 0 Å². The Morgan fingerprint density at radius 1 is 1.14 bits per heavy atom. The predicted octanol–water partition coefficient (Wildman–Crippen LogP) is 3.77. The number of benzene rings is 2. The van der Waals surface area contributed by atoms with E-state index < -0.39 is 34.3 Å². The van der Waals surface area contributed by atoms with Crippen LogP contribution in [-0.2, 0) is 26.2 Å². The summed E-state index contributed by atoms with van der Waals surface area (Å²) in [7, 11) is -2.46. The number of hydrogen-bond acceptors (Lipinski definition) is 5. The number of sulfonamides is 1. The van der Waals surface area contributed by atoms with Crippen LogP contribution in [-0.4, -0.2) is 57.1 Å². The van der Waals surface area contributed by atoms with Crippen LogP contribution in [0.3, 0.4) is 0 Å². The number of halogens is 1. The zero-order valence-corrected chi connectivity index (χ0v) is 22.7. The molecule has 10 heteroatoms. The van der Waals surface area contributed by atoms with E-state index in [1.54, 1.807) is 30.3 Å². The van der Waals surface area contributed by atoms with E-state index in [1.807, 2.05) is 13.8 Å². The molecule has 1 atom stereocenters. The number of aryl methyl sites for hydroxylation is 1. The Morgan fingerprint density at radius 3 is 2.35 bits per heavy atom. The number of anilines is 1. The normalized spacial score (nSPS) is 14.7. The summed E-state index contributed by atoms with van der Waals surface area (Å²) in [5, 5.41) is 3.06. The summed E-state index contributed by atoms with van der Waals surface area (Å²) in [5.41, 5.74) is 1.66. The van der Waals surface area contributed by atoms with Gasteiger partial charge in [0, 0.05) is 12.6 Å². The molecule has 2 amide bonds. The summed E-state index contributed by atoms with van der Waals surface area (Å²) < 4.78 is 45.6. The standard InChI is InChI=1S/C27H36FN3O5S/c1-5-23(27(33)29-22-8-6-7-9-22)30(17-20-11-13-21(28)14-12-20)26(32)18-31(37(4,34)35)24-16-19(2)10-15-25(24)36-3/h10-16,22-23H,5-9,17-18H2,1-4H3,(H,29,33)/t23-/m1/s1. The highest BCUT2D eigenvalue weighted by Crippen LogP contribution is 2.31. The quantitative estimate of drug-likeness (QED) is 0.474. The van der Waals surface area contributed by atoms with E-state index in [1.165, 1.54) is 24.1 Å². The van der Waals surface area contributed by atoms with Gasteiger partial charge in [-0.1, -0.05) is 38.0 Å². The molecule has 1 saturated carbocycles. The third-order valence-corrected chi connectivity index (χ3v) is 7.76. The minimum Gasteiger partial charge on any atom is -0.495 e. The van der Waals surface area contributed by atoms with Gasteiger partial charge in [-0.2, -0.15) is 0 Å². The number of carbonyl (C=O) groups excluding carboxylic acids is 2. The molecule has 1 aliphatic carbocycles. The average molecular weight is 534 g/mol. The molecule has 1 N–H and O–H groups in total. The van der Waals surface area contributed by atoms with Crippen molar-refractivity contribution in [1.82, 2.24) is 10.2 Å². The lowest BCUT2D eigenvalue weighted by Gasteiger charge is -2.33. The molecule has 0 spiro atoms. The van der Waals surface area contributed by atoms with Gasteiger partial charge in [0.1, 0.15) is 24.2 Å². The van der Waals surface area contributed by atoms with Crippen molar-refractivity contribution in [3.8, 4) is 5.75 Å². The van der Waals surface area contributed by atoms with Gasteiger partial charge in [-0.3, -0.25) is 13.9 Å². The zero-order chi connectivity index (χ0) is 27.2. The fraction of sp³-hybridized carbons (Fsp3) is 0.481. The van der Waals surface area contributed by atoms with Gasteiger partial charge in [0.05, 0.1) is 19.1 Å². The zero-order valence-electron chi connectivity index (χ0n) is 21.9. The highest BCUT2D eigenvalue weighted by Gasteiger charge is 2.33. The largest absolute Gasteiger partial charge is 0.495 e. The van der Waals surface area contributed by atoms with Crippen LogP contribution in [0.5, 0.6) is 5.75 Å². The van der Waals surface area contributed by atoms with E-state index in [2.05, 4.69) is 5.32 Å². The second kappa shape index (κ2) is 12.4. The number of ether oxygens (including phenoxy) is 1. The van der Waals surface area contributed by atoms with Crippen LogP contribution < -0.4 is 14.4 Å². The van der Waals surface area contributed by atoms with Crippen molar-refractivity contribution in [2.75, 3.05) is 24.2 Å². The van der Waals surface area contributed by atoms with Gasteiger partial charge in [-0.05, 0) is 61.6 Å². The van der Waals surface area contributed by atoms with Crippen LogP contribution in [0, 0.1) is 12.7 Å². The van der Waals surface area contributed by atoms with Crippen LogP contribution in [0.25, 0.3) is 0 Å². The number of nitrogens with zero attached hydrogens (tertiary/aromatic N) is 2. The van der Waals surface area contributed by atoms with Crippen molar-refractivity contribution < 1.29 is 27.1 Å². The minimum absolute atomic E-state index is 0.0261. The fourth-order valence-electron chi connectivity index (χ4n) is 4.66. The number of amides is 2. The first kappa shape index (κ1) is 28.4. The van der Waals surface area contributed by atoms with Crippen LogP contribution in [0.1, 0.15) is 50.2 Å². The number of methoxy groups -OCH3 is 1. The van der Waals surface area contributed by atoms with Crippen molar-refractivity contribution >= 4 is 27.5 Å². The van der Waals surface area contributed by atoms with Gasteiger partial charge in [0.2, 0.25) is 21.8 Å². The van der Waals surface area contributed by atoms with Gasteiger partial charge in [0.15, 0.2) is 0 Å². The SMILES string of the molecule is CC[C@H](C(=O)NC1CCCC1)N(Cc1ccc(F)cc1)C(=O)CN(c1cc(C)ccc1OC)S(C)(=O)=O. The van der Waals surface area contributed by atoms with E-state index in [-0.39, 0.29) is 24.2 Å². The van der Waals surface area contributed by atoms with E-state index in [9.17, 15) is 22.4 Å². The van der Waals surface area contributed by atoms with Crippen molar-refractivity contribution in [3.63, 3.8) is 0 Å². The molecule has 37 heavy (non-hydrogen) atoms. The smallest absolute Gasteiger partial charge is 0.244 e. The number of carbonyl (C=O) groups is 2. The summed E-state index contributed by atoms with van der Waals surface area (Å²) in [4.78, 5) is 28.5. The summed E-state index contributed by atoms with van der Waals surface area (Å²) in [6.45, 7) is 3.12. The molecule has 0 unspecified atom stereocenters. The van der Waals surface area contributed by atoms with Crippen molar-refractivity contribution in [2.24, 2.45) is 0 Å². The molecule has 2 aromatic rings. The summed E-state index contributed by atoms with van der Waals surface area (Å²) >= 11 is 0. The molecule has 202 valence electrons. The van der Waals surface area contributed by atoms with E-state index in [0.29, 0.717) is 17.7 Å². The molecular formula is C27H36FN3O5S. The molecule has 3 rings (SSSR count). The molecule has 0 heterocycles. The number of hydrogen-bond donors (Lipinski definition) is 1. The lowest BCUT2D eigenvalue weighted by atomic mass is 10.1. The maximum absolute atomic E-state index is 13.8. The monoisotopic (exact) mass is 533 g/mol. The summed E-state index contributed by atoms with van der Waals surface area (Å²) in [5.74, 6) is -0.932. The Morgan fingerprint density at radius 2 is 1.78 bits per heavy atom. The lowest BCUT2D eigenvalue weighted by Crippen LogP contribution is -2.53. The topological polar surface area (TPSA) is 96.0 Å². The molecule has 0 radical (unpaired) electrons. The molecular weight excluding hydrogens is 497 g/mol. The van der Waals surface area contributed by atoms with E-state index in [0.717, 1.165) is 41.8 Å². The first-order valence-electron chi connectivity index (χ1n) is 12.5. The first-order valence-corrected chi connectivity index (χ1v) is 14.3. The number of nitrogens with one attached hydrogen (secondary N) is 1. The third-order valence-electron chi connectivity index (χ3n) is 6.64. The highest BCUT2D eigenvalue weighted by molar-refractivity contribution is 7.92. The summed E-state index contributed by atoms with van der Waals surface area (Å²) in [6.07, 6.45) is 5.23. The molecule has 0 aromatic heterocycles. The average Bonchev–Trinajstić information content (AvgIpc) is 3.35. The predicted molar refractivity (Wildman–Crippen MR) is 141 cm³/mol. The van der Waals surface area contributed by atoms with Crippen molar-refractivity contribution in [2.45, 2.75) is 64.6 Å². The minimum atomic E-state index is -3.89. The second-order valence-electron chi connectivity index (χ2n) is 9.51. The molecule has 2 aromatic carbocycles. The first-order chi connectivity index (χ1) is 17.5. The Hall–Kier alpha value is -3.14. The Labute approximate surface area is 218 Å². The Bertz CT molecular complexity index is 1200. The van der Waals surface area contributed by atoms with Crippen LogP contribution in [0.4, 0.5) is 10.1 Å². The molecule has 0 saturated heterocycles.